The molecule has 1 aliphatic heterocycles. The molecule has 0 radical (unpaired) electrons. The Labute approximate surface area is 173 Å². The summed E-state index contributed by atoms with van der Waals surface area (Å²) in [5.41, 5.74) is 6.17. The average molecular weight is 416 g/mol. The number of primary amides is 1. The van der Waals surface area contributed by atoms with Crippen LogP contribution in [0.25, 0.3) is 5.69 Å². The molecule has 9 nitrogen and oxygen atoms in total. The second-order valence-corrected chi connectivity index (χ2v) is 6.74. The van der Waals surface area contributed by atoms with Crippen molar-refractivity contribution in [2.24, 2.45) is 5.73 Å². The van der Waals surface area contributed by atoms with Crippen LogP contribution >= 0.6 is 12.4 Å². The second-order valence-electron chi connectivity index (χ2n) is 6.74. The topological polar surface area (TPSA) is 120 Å². The lowest BCUT2D eigenvalue weighted by Crippen LogP contribution is -2.52. The van der Waals surface area contributed by atoms with E-state index in [-0.39, 0.29) is 24.0 Å². The zero-order chi connectivity index (χ0) is 19.6. The molecule has 4 N–H and O–H groups in total. The van der Waals surface area contributed by atoms with Gasteiger partial charge in [0.15, 0.2) is 0 Å². The first kappa shape index (κ1) is 20.6. The van der Waals surface area contributed by atoms with Gasteiger partial charge in [0.2, 0.25) is 0 Å². The predicted molar refractivity (Wildman–Crippen MR) is 110 cm³/mol. The van der Waals surface area contributed by atoms with Crippen LogP contribution in [0.5, 0.6) is 0 Å². The molecule has 152 valence electrons. The molecule has 3 aromatic rings. The lowest BCUT2D eigenvalue weighted by molar-refractivity contribution is -0.126. The van der Waals surface area contributed by atoms with E-state index in [1.165, 1.54) is 0 Å². The Morgan fingerprint density at radius 3 is 2.41 bits per heavy atom. The first-order valence-electron chi connectivity index (χ1n) is 9.07. The molecule has 4 rings (SSSR count). The van der Waals surface area contributed by atoms with Gasteiger partial charge in [-0.05, 0) is 62.3 Å². The Bertz CT molecular complexity index is 976. The van der Waals surface area contributed by atoms with Crippen molar-refractivity contribution >= 4 is 29.9 Å². The van der Waals surface area contributed by atoms with Gasteiger partial charge in [-0.2, -0.15) is 10.2 Å². The number of hydrogen-bond donors (Lipinski definition) is 3. The van der Waals surface area contributed by atoms with Gasteiger partial charge in [-0.3, -0.25) is 14.3 Å². The molecule has 1 aliphatic rings. The maximum atomic E-state index is 13.2. The monoisotopic (exact) mass is 415 g/mol. The molecule has 0 spiro atoms. The number of halogens is 1. The number of carbonyl (C=O) groups is 2. The average Bonchev–Trinajstić information content (AvgIpc) is 3.41. The normalized spacial score (nSPS) is 15.3. The van der Waals surface area contributed by atoms with Gasteiger partial charge in [-0.15, -0.1) is 12.4 Å². The number of anilines is 1. The van der Waals surface area contributed by atoms with E-state index in [9.17, 15) is 9.59 Å². The van der Waals surface area contributed by atoms with Gasteiger partial charge in [0.05, 0.1) is 5.69 Å². The number of rotatable bonds is 5. The highest BCUT2D eigenvalue weighted by atomic mass is 35.5. The highest BCUT2D eigenvalue weighted by Crippen LogP contribution is 2.29. The molecule has 0 bridgehead atoms. The maximum Gasteiger partial charge on any atom is 0.269 e. The summed E-state index contributed by atoms with van der Waals surface area (Å²) in [4.78, 5) is 24.3. The van der Waals surface area contributed by atoms with Crippen molar-refractivity contribution < 1.29 is 9.59 Å². The fourth-order valence-electron chi connectivity index (χ4n) is 3.47. The zero-order valence-corrected chi connectivity index (χ0v) is 16.4. The van der Waals surface area contributed by atoms with Crippen LogP contribution in [0.15, 0.2) is 55.0 Å². The summed E-state index contributed by atoms with van der Waals surface area (Å²) in [5.74, 6) is -0.658. The Morgan fingerprint density at radius 1 is 1.10 bits per heavy atom. The van der Waals surface area contributed by atoms with Crippen LogP contribution in [0, 0.1) is 0 Å². The Morgan fingerprint density at radius 2 is 1.83 bits per heavy atom. The molecule has 1 fully saturated rings. The van der Waals surface area contributed by atoms with Gasteiger partial charge in [-0.25, -0.2) is 4.68 Å². The Hall–Kier alpha value is -3.17. The van der Waals surface area contributed by atoms with E-state index in [1.807, 2.05) is 24.4 Å². The minimum Gasteiger partial charge on any atom is -0.364 e. The number of carbonyl (C=O) groups excluding carboxylic acids is 2. The van der Waals surface area contributed by atoms with Crippen molar-refractivity contribution in [3.05, 3.63) is 60.7 Å². The molecule has 10 heteroatoms. The van der Waals surface area contributed by atoms with Crippen LogP contribution in [0.2, 0.25) is 0 Å². The molecule has 0 aliphatic carbocycles. The Kier molecular flexibility index (Phi) is 6.00. The molecule has 1 aromatic carbocycles. The minimum absolute atomic E-state index is 0. The minimum atomic E-state index is -0.703. The number of piperidine rings is 1. The van der Waals surface area contributed by atoms with Crippen LogP contribution in [0.1, 0.15) is 23.3 Å². The molecular formula is C19H22ClN7O2. The molecule has 0 unspecified atom stereocenters. The summed E-state index contributed by atoms with van der Waals surface area (Å²) >= 11 is 0. The lowest BCUT2D eigenvalue weighted by atomic mass is 9.87. The molecule has 2 amide bonds. The Balaban J connectivity index is 0.00000240. The van der Waals surface area contributed by atoms with Crippen LogP contribution in [0.3, 0.4) is 0 Å². The standard InChI is InChI=1S/C19H21N7O2.ClH/c20-17(27)16-6-13-25(24-16)15-4-2-14(3-5-15)23-18(28)19(7-10-21-11-8-19)26-12-1-9-22-26;/h1-6,9,12-13,21H,7-8,10-11H2,(H2,20,27)(H,23,28);1H. The van der Waals surface area contributed by atoms with E-state index >= 15 is 0 Å². The largest absolute Gasteiger partial charge is 0.364 e. The quantitative estimate of drug-likeness (QED) is 0.580. The van der Waals surface area contributed by atoms with Gasteiger partial charge >= 0.3 is 0 Å². The van der Waals surface area contributed by atoms with Gasteiger partial charge in [0.1, 0.15) is 11.2 Å². The number of nitrogens with two attached hydrogens (primary N) is 1. The van der Waals surface area contributed by atoms with E-state index in [1.54, 1.807) is 40.0 Å². The summed E-state index contributed by atoms with van der Waals surface area (Å²) < 4.78 is 3.32. The number of benzene rings is 1. The van der Waals surface area contributed by atoms with Crippen LogP contribution in [-0.4, -0.2) is 44.5 Å². The van der Waals surface area contributed by atoms with E-state index in [0.29, 0.717) is 18.5 Å². The SMILES string of the molecule is Cl.NC(=O)c1ccn(-c2ccc(NC(=O)C3(n4cccn4)CCNCC3)cc2)n1. The van der Waals surface area contributed by atoms with E-state index < -0.39 is 11.4 Å². The molecule has 0 atom stereocenters. The van der Waals surface area contributed by atoms with Crippen molar-refractivity contribution in [2.75, 3.05) is 18.4 Å². The lowest BCUT2D eigenvalue weighted by Gasteiger charge is -2.36. The van der Waals surface area contributed by atoms with Gasteiger partial charge in [0, 0.05) is 24.3 Å². The number of amides is 2. The van der Waals surface area contributed by atoms with Crippen molar-refractivity contribution in [1.29, 1.82) is 0 Å². The van der Waals surface area contributed by atoms with Crippen LogP contribution in [0.4, 0.5) is 5.69 Å². The van der Waals surface area contributed by atoms with E-state index in [2.05, 4.69) is 20.8 Å². The summed E-state index contributed by atoms with van der Waals surface area (Å²) in [5, 5.41) is 14.8. The highest BCUT2D eigenvalue weighted by molar-refractivity contribution is 5.96. The van der Waals surface area contributed by atoms with Crippen LogP contribution < -0.4 is 16.4 Å². The maximum absolute atomic E-state index is 13.2. The van der Waals surface area contributed by atoms with Crippen molar-refractivity contribution in [2.45, 2.75) is 18.4 Å². The van der Waals surface area contributed by atoms with Gasteiger partial charge in [0.25, 0.3) is 11.8 Å². The summed E-state index contributed by atoms with van der Waals surface area (Å²) in [7, 11) is 0. The predicted octanol–water partition coefficient (Wildman–Crippen LogP) is 1.31. The molecule has 3 heterocycles. The number of aromatic nitrogens is 4. The van der Waals surface area contributed by atoms with Crippen molar-refractivity contribution in [3.63, 3.8) is 0 Å². The second kappa shape index (κ2) is 8.46. The zero-order valence-electron chi connectivity index (χ0n) is 15.6. The third kappa shape index (κ3) is 4.01. The third-order valence-electron chi connectivity index (χ3n) is 5.03. The van der Waals surface area contributed by atoms with Crippen molar-refractivity contribution in [3.8, 4) is 5.69 Å². The highest BCUT2D eigenvalue weighted by Gasteiger charge is 2.42. The number of nitrogens with zero attached hydrogens (tertiary/aromatic N) is 4. The first-order valence-corrected chi connectivity index (χ1v) is 9.07. The smallest absolute Gasteiger partial charge is 0.269 e. The molecule has 0 saturated carbocycles. The van der Waals surface area contributed by atoms with E-state index in [0.717, 1.165) is 18.8 Å². The van der Waals surface area contributed by atoms with Crippen LogP contribution in [-0.2, 0) is 10.3 Å². The van der Waals surface area contributed by atoms with Gasteiger partial charge in [-0.1, -0.05) is 0 Å². The third-order valence-corrected chi connectivity index (χ3v) is 5.03. The summed E-state index contributed by atoms with van der Waals surface area (Å²) in [6.45, 7) is 1.52. The summed E-state index contributed by atoms with van der Waals surface area (Å²) in [6.07, 6.45) is 6.53. The summed E-state index contributed by atoms with van der Waals surface area (Å²) in [6, 6.07) is 10.6. The van der Waals surface area contributed by atoms with Crippen molar-refractivity contribution in [1.82, 2.24) is 24.9 Å². The number of hydrogen-bond acceptors (Lipinski definition) is 5. The fourth-order valence-corrected chi connectivity index (χ4v) is 3.47. The molecule has 1 saturated heterocycles. The van der Waals surface area contributed by atoms with E-state index in [4.69, 9.17) is 5.73 Å². The number of nitrogens with one attached hydrogen (secondary N) is 2. The molecule has 2 aromatic heterocycles. The van der Waals surface area contributed by atoms with Gasteiger partial charge < -0.3 is 16.4 Å². The first-order chi connectivity index (χ1) is 13.6. The molecular weight excluding hydrogens is 394 g/mol. The fraction of sp³-hybridized carbons (Fsp3) is 0.263. The molecule has 29 heavy (non-hydrogen) atoms.